The number of hydrogen-bond donors (Lipinski definition) is 1. The normalized spacial score (nSPS) is 19.4. The first kappa shape index (κ1) is 11.6. The molecule has 3 heteroatoms. The Kier molecular flexibility index (Phi) is 3.59. The van der Waals surface area contributed by atoms with E-state index in [2.05, 4.69) is 29.2 Å². The molecule has 1 saturated heterocycles. The van der Waals surface area contributed by atoms with Crippen LogP contribution in [-0.4, -0.2) is 37.2 Å². The van der Waals surface area contributed by atoms with Crippen molar-refractivity contribution in [2.24, 2.45) is 5.73 Å². The number of hydrogen-bond acceptors (Lipinski definition) is 3. The average molecular weight is 220 g/mol. The highest BCUT2D eigenvalue weighted by Gasteiger charge is 2.38. The first-order valence-electron chi connectivity index (χ1n) is 5.76. The zero-order chi connectivity index (χ0) is 11.4. The number of nitrogens with zero attached hydrogens (tertiary/aromatic N) is 1. The summed E-state index contributed by atoms with van der Waals surface area (Å²) in [5.41, 5.74) is 7.55. The summed E-state index contributed by atoms with van der Waals surface area (Å²) in [4.78, 5) is 2.38. The van der Waals surface area contributed by atoms with Gasteiger partial charge >= 0.3 is 0 Å². The second-order valence-corrected chi connectivity index (χ2v) is 4.74. The number of rotatable bonds is 5. The molecular weight excluding hydrogens is 200 g/mol. The largest absolute Gasteiger partial charge is 0.385 e. The van der Waals surface area contributed by atoms with Crippen molar-refractivity contribution in [3.63, 3.8) is 0 Å². The molecule has 3 nitrogen and oxygen atoms in total. The summed E-state index contributed by atoms with van der Waals surface area (Å²) >= 11 is 0. The van der Waals surface area contributed by atoms with E-state index >= 15 is 0 Å². The van der Waals surface area contributed by atoms with E-state index < -0.39 is 0 Å². The van der Waals surface area contributed by atoms with Gasteiger partial charge in [-0.05, 0) is 12.0 Å². The maximum absolute atomic E-state index is 6.21. The zero-order valence-corrected chi connectivity index (χ0v) is 9.86. The van der Waals surface area contributed by atoms with Gasteiger partial charge in [-0.3, -0.25) is 4.90 Å². The van der Waals surface area contributed by atoms with Crippen LogP contribution in [0, 0.1) is 0 Å². The van der Waals surface area contributed by atoms with Crippen LogP contribution in [0.5, 0.6) is 0 Å². The standard InChI is InChI=1S/C13H20N2O/c1-16-8-7-13(14)10-15(11-13)9-12-5-3-2-4-6-12/h2-6H,7-11,14H2,1H3. The van der Waals surface area contributed by atoms with E-state index in [0.717, 1.165) is 32.7 Å². The van der Waals surface area contributed by atoms with Crippen LogP contribution >= 0.6 is 0 Å². The third kappa shape index (κ3) is 2.82. The predicted molar refractivity (Wildman–Crippen MR) is 65.1 cm³/mol. The Morgan fingerprint density at radius 1 is 1.31 bits per heavy atom. The SMILES string of the molecule is COCCC1(N)CN(Cc2ccccc2)C1. The highest BCUT2D eigenvalue weighted by atomic mass is 16.5. The van der Waals surface area contributed by atoms with Crippen molar-refractivity contribution in [3.8, 4) is 0 Å². The summed E-state index contributed by atoms with van der Waals surface area (Å²) in [6.07, 6.45) is 0.953. The summed E-state index contributed by atoms with van der Waals surface area (Å²) < 4.78 is 5.07. The molecule has 1 aliphatic heterocycles. The Hall–Kier alpha value is -0.900. The third-order valence-electron chi connectivity index (χ3n) is 3.13. The van der Waals surface area contributed by atoms with Crippen molar-refractivity contribution in [2.45, 2.75) is 18.5 Å². The molecule has 1 aromatic carbocycles. The Balaban J connectivity index is 1.76. The van der Waals surface area contributed by atoms with Crippen molar-refractivity contribution < 1.29 is 4.74 Å². The van der Waals surface area contributed by atoms with E-state index in [4.69, 9.17) is 10.5 Å². The molecule has 1 aromatic rings. The minimum absolute atomic E-state index is 0.0230. The molecule has 0 radical (unpaired) electrons. The molecule has 16 heavy (non-hydrogen) atoms. The van der Waals surface area contributed by atoms with Crippen LogP contribution in [0.4, 0.5) is 0 Å². The number of methoxy groups -OCH3 is 1. The Labute approximate surface area is 97.2 Å². The number of ether oxygens (including phenoxy) is 1. The Bertz CT molecular complexity index is 320. The van der Waals surface area contributed by atoms with E-state index in [0.29, 0.717) is 0 Å². The molecule has 2 N–H and O–H groups in total. The lowest BCUT2D eigenvalue weighted by Gasteiger charge is -2.48. The van der Waals surface area contributed by atoms with Crippen LogP contribution in [-0.2, 0) is 11.3 Å². The number of benzene rings is 1. The third-order valence-corrected chi connectivity index (χ3v) is 3.13. The molecular formula is C13H20N2O. The van der Waals surface area contributed by atoms with E-state index in [1.807, 2.05) is 6.07 Å². The Morgan fingerprint density at radius 2 is 2.00 bits per heavy atom. The predicted octanol–water partition coefficient (Wildman–Crippen LogP) is 1.24. The second-order valence-electron chi connectivity index (χ2n) is 4.74. The van der Waals surface area contributed by atoms with Crippen molar-refractivity contribution in [2.75, 3.05) is 26.8 Å². The molecule has 0 aromatic heterocycles. The van der Waals surface area contributed by atoms with Crippen LogP contribution < -0.4 is 5.73 Å². The van der Waals surface area contributed by atoms with Crippen molar-refractivity contribution in [1.82, 2.24) is 4.90 Å². The minimum atomic E-state index is -0.0230. The van der Waals surface area contributed by atoms with Gasteiger partial charge in [-0.25, -0.2) is 0 Å². The second kappa shape index (κ2) is 4.95. The summed E-state index contributed by atoms with van der Waals surface area (Å²) in [5, 5.41) is 0. The quantitative estimate of drug-likeness (QED) is 0.811. The van der Waals surface area contributed by atoms with Gasteiger partial charge in [-0.2, -0.15) is 0 Å². The van der Waals surface area contributed by atoms with Gasteiger partial charge in [-0.1, -0.05) is 30.3 Å². The lowest BCUT2D eigenvalue weighted by Crippen LogP contribution is -2.67. The van der Waals surface area contributed by atoms with Crippen molar-refractivity contribution in [3.05, 3.63) is 35.9 Å². The number of likely N-dealkylation sites (tertiary alicyclic amines) is 1. The monoisotopic (exact) mass is 220 g/mol. The topological polar surface area (TPSA) is 38.5 Å². The van der Waals surface area contributed by atoms with Crippen molar-refractivity contribution >= 4 is 0 Å². The first-order valence-corrected chi connectivity index (χ1v) is 5.76. The van der Waals surface area contributed by atoms with E-state index in [9.17, 15) is 0 Å². The molecule has 88 valence electrons. The lowest BCUT2D eigenvalue weighted by atomic mass is 9.87. The molecule has 0 aliphatic carbocycles. The van der Waals surface area contributed by atoms with Gasteiger partial charge < -0.3 is 10.5 Å². The minimum Gasteiger partial charge on any atom is -0.385 e. The summed E-state index contributed by atoms with van der Waals surface area (Å²) in [7, 11) is 1.73. The Morgan fingerprint density at radius 3 is 2.62 bits per heavy atom. The fourth-order valence-corrected chi connectivity index (χ4v) is 2.26. The highest BCUT2D eigenvalue weighted by molar-refractivity contribution is 5.15. The molecule has 2 rings (SSSR count). The molecule has 0 spiro atoms. The van der Waals surface area contributed by atoms with Gasteiger partial charge in [0.15, 0.2) is 0 Å². The smallest absolute Gasteiger partial charge is 0.0480 e. The molecule has 0 bridgehead atoms. The zero-order valence-electron chi connectivity index (χ0n) is 9.86. The van der Waals surface area contributed by atoms with Crippen LogP contribution in [0.1, 0.15) is 12.0 Å². The van der Waals surface area contributed by atoms with Gasteiger partial charge in [0.2, 0.25) is 0 Å². The summed E-state index contributed by atoms with van der Waals surface area (Å²) in [6, 6.07) is 10.5. The van der Waals surface area contributed by atoms with Crippen LogP contribution in [0.3, 0.4) is 0 Å². The van der Waals surface area contributed by atoms with Gasteiger partial charge in [-0.15, -0.1) is 0 Å². The van der Waals surface area contributed by atoms with Gasteiger partial charge in [0.1, 0.15) is 0 Å². The van der Waals surface area contributed by atoms with Crippen molar-refractivity contribution in [1.29, 1.82) is 0 Å². The van der Waals surface area contributed by atoms with Gasteiger partial charge in [0.05, 0.1) is 0 Å². The fourth-order valence-electron chi connectivity index (χ4n) is 2.26. The van der Waals surface area contributed by atoms with Gasteiger partial charge in [0, 0.05) is 38.9 Å². The molecule has 1 heterocycles. The average Bonchev–Trinajstić information content (AvgIpc) is 2.26. The molecule has 0 saturated carbocycles. The first-order chi connectivity index (χ1) is 7.72. The fraction of sp³-hybridized carbons (Fsp3) is 0.538. The van der Waals surface area contributed by atoms with Gasteiger partial charge in [0.25, 0.3) is 0 Å². The van der Waals surface area contributed by atoms with E-state index in [-0.39, 0.29) is 5.54 Å². The van der Waals surface area contributed by atoms with Crippen LogP contribution in [0.25, 0.3) is 0 Å². The lowest BCUT2D eigenvalue weighted by molar-refractivity contribution is 0.0374. The van der Waals surface area contributed by atoms with E-state index in [1.54, 1.807) is 7.11 Å². The highest BCUT2D eigenvalue weighted by Crippen LogP contribution is 2.23. The molecule has 1 fully saturated rings. The molecule has 1 aliphatic rings. The molecule has 0 amide bonds. The maximum atomic E-state index is 6.21. The maximum Gasteiger partial charge on any atom is 0.0480 e. The summed E-state index contributed by atoms with van der Waals surface area (Å²) in [6.45, 7) is 3.72. The molecule has 0 unspecified atom stereocenters. The molecule has 0 atom stereocenters. The van der Waals surface area contributed by atoms with Crippen LogP contribution in [0.2, 0.25) is 0 Å². The van der Waals surface area contributed by atoms with E-state index in [1.165, 1.54) is 5.56 Å². The summed E-state index contributed by atoms with van der Waals surface area (Å²) in [5.74, 6) is 0. The number of nitrogens with two attached hydrogens (primary N) is 1. The van der Waals surface area contributed by atoms with Crippen LogP contribution in [0.15, 0.2) is 30.3 Å².